The second kappa shape index (κ2) is 6.36. The van der Waals surface area contributed by atoms with Crippen LogP contribution in [0.2, 0.25) is 0 Å². The third-order valence-corrected chi connectivity index (χ3v) is 3.38. The molecular formula is C15H19NO3. The summed E-state index contributed by atoms with van der Waals surface area (Å²) in [5, 5.41) is 11.7. The van der Waals surface area contributed by atoms with Crippen LogP contribution in [0.3, 0.4) is 0 Å². The third kappa shape index (κ3) is 4.73. The molecule has 0 unspecified atom stereocenters. The van der Waals surface area contributed by atoms with E-state index >= 15 is 0 Å². The summed E-state index contributed by atoms with van der Waals surface area (Å²) in [6, 6.07) is 8.99. The Bertz CT molecular complexity index is 440. The molecule has 0 spiro atoms. The number of benzene rings is 1. The standard InChI is InChI=1S/C15H19NO3/c17-14(9-8-11-4-2-1-3-5-11)16-13(15(18)19)10-12-6-7-12/h1-5,12-13H,6-10H2,(H,16,17)(H,18,19)/t13-/m0/s1. The van der Waals surface area contributed by atoms with E-state index in [0.29, 0.717) is 25.2 Å². The SMILES string of the molecule is O=C(CCc1ccccc1)N[C@@H](CC1CC1)C(=O)O. The first-order valence-electron chi connectivity index (χ1n) is 6.71. The zero-order chi connectivity index (χ0) is 13.7. The van der Waals surface area contributed by atoms with Crippen molar-refractivity contribution < 1.29 is 14.7 Å². The van der Waals surface area contributed by atoms with Gasteiger partial charge in [-0.3, -0.25) is 4.79 Å². The average Bonchev–Trinajstić information content (AvgIpc) is 3.21. The van der Waals surface area contributed by atoms with E-state index in [-0.39, 0.29) is 5.91 Å². The Kier molecular flexibility index (Phi) is 4.55. The number of carbonyl (C=O) groups is 2. The number of amides is 1. The van der Waals surface area contributed by atoms with Crippen LogP contribution in [0.25, 0.3) is 0 Å². The summed E-state index contributed by atoms with van der Waals surface area (Å²) in [5.74, 6) is -0.632. The highest BCUT2D eigenvalue weighted by Gasteiger charge is 2.29. The van der Waals surface area contributed by atoms with Crippen molar-refractivity contribution in [1.82, 2.24) is 5.32 Å². The van der Waals surface area contributed by atoms with Crippen molar-refractivity contribution in [2.45, 2.75) is 38.1 Å². The van der Waals surface area contributed by atoms with E-state index in [1.165, 1.54) is 0 Å². The van der Waals surface area contributed by atoms with Gasteiger partial charge in [-0.2, -0.15) is 0 Å². The van der Waals surface area contributed by atoms with Gasteiger partial charge in [0.1, 0.15) is 6.04 Å². The van der Waals surface area contributed by atoms with Crippen molar-refractivity contribution in [1.29, 1.82) is 0 Å². The Morgan fingerprint density at radius 1 is 1.26 bits per heavy atom. The van der Waals surface area contributed by atoms with Gasteiger partial charge in [0.05, 0.1) is 0 Å². The number of hydrogen-bond acceptors (Lipinski definition) is 2. The zero-order valence-corrected chi connectivity index (χ0v) is 10.8. The molecule has 1 atom stereocenters. The normalized spacial score (nSPS) is 15.8. The fraction of sp³-hybridized carbons (Fsp3) is 0.467. The molecule has 2 N–H and O–H groups in total. The first-order chi connectivity index (χ1) is 9.15. The second-order valence-corrected chi connectivity index (χ2v) is 5.12. The minimum Gasteiger partial charge on any atom is -0.480 e. The van der Waals surface area contributed by atoms with Gasteiger partial charge in [-0.25, -0.2) is 4.79 Å². The highest BCUT2D eigenvalue weighted by molar-refractivity contribution is 5.83. The lowest BCUT2D eigenvalue weighted by atomic mass is 10.1. The van der Waals surface area contributed by atoms with Crippen LogP contribution >= 0.6 is 0 Å². The fourth-order valence-corrected chi connectivity index (χ4v) is 2.08. The highest BCUT2D eigenvalue weighted by atomic mass is 16.4. The van der Waals surface area contributed by atoms with Crippen LogP contribution in [-0.4, -0.2) is 23.0 Å². The monoisotopic (exact) mass is 261 g/mol. The van der Waals surface area contributed by atoms with Crippen molar-refractivity contribution >= 4 is 11.9 Å². The molecule has 1 aromatic rings. The summed E-state index contributed by atoms with van der Waals surface area (Å²) in [7, 11) is 0. The van der Waals surface area contributed by atoms with Crippen molar-refractivity contribution in [2.24, 2.45) is 5.92 Å². The molecular weight excluding hydrogens is 242 g/mol. The van der Waals surface area contributed by atoms with Crippen LogP contribution < -0.4 is 5.32 Å². The number of aryl methyl sites for hydroxylation is 1. The van der Waals surface area contributed by atoms with Crippen LogP contribution in [-0.2, 0) is 16.0 Å². The molecule has 0 radical (unpaired) electrons. The molecule has 2 rings (SSSR count). The third-order valence-electron chi connectivity index (χ3n) is 3.38. The first kappa shape index (κ1) is 13.6. The van der Waals surface area contributed by atoms with Crippen molar-refractivity contribution in [2.75, 3.05) is 0 Å². The molecule has 4 nitrogen and oxygen atoms in total. The summed E-state index contributed by atoms with van der Waals surface area (Å²) in [6.45, 7) is 0. The van der Waals surface area contributed by atoms with E-state index in [1.54, 1.807) is 0 Å². The largest absolute Gasteiger partial charge is 0.480 e. The summed E-state index contributed by atoms with van der Waals surface area (Å²) in [5.41, 5.74) is 1.09. The predicted octanol–water partition coefficient (Wildman–Crippen LogP) is 1.99. The van der Waals surface area contributed by atoms with E-state index in [2.05, 4.69) is 5.32 Å². The number of carboxylic acid groups (broad SMARTS) is 1. The number of aliphatic carboxylic acids is 1. The molecule has 1 aliphatic rings. The van der Waals surface area contributed by atoms with Gasteiger partial charge in [-0.15, -0.1) is 0 Å². The number of nitrogens with one attached hydrogen (secondary N) is 1. The Labute approximate surface area is 112 Å². The van der Waals surface area contributed by atoms with Gasteiger partial charge in [0, 0.05) is 6.42 Å². The molecule has 0 heterocycles. The molecule has 1 fully saturated rings. The molecule has 19 heavy (non-hydrogen) atoms. The van der Waals surface area contributed by atoms with Gasteiger partial charge in [-0.05, 0) is 24.3 Å². The minimum absolute atomic E-state index is 0.183. The van der Waals surface area contributed by atoms with Crippen LogP contribution in [0.5, 0.6) is 0 Å². The maximum absolute atomic E-state index is 11.8. The van der Waals surface area contributed by atoms with E-state index in [0.717, 1.165) is 18.4 Å². The van der Waals surface area contributed by atoms with Crippen molar-refractivity contribution in [3.8, 4) is 0 Å². The lowest BCUT2D eigenvalue weighted by Crippen LogP contribution is -2.41. The maximum Gasteiger partial charge on any atom is 0.326 e. The van der Waals surface area contributed by atoms with Crippen LogP contribution in [0.4, 0.5) is 0 Å². The van der Waals surface area contributed by atoms with Gasteiger partial charge >= 0.3 is 5.97 Å². The molecule has 1 saturated carbocycles. The Morgan fingerprint density at radius 3 is 2.53 bits per heavy atom. The van der Waals surface area contributed by atoms with Gasteiger partial charge < -0.3 is 10.4 Å². The minimum atomic E-state index is -0.931. The lowest BCUT2D eigenvalue weighted by Gasteiger charge is -2.14. The van der Waals surface area contributed by atoms with E-state index < -0.39 is 12.0 Å². The maximum atomic E-state index is 11.8. The topological polar surface area (TPSA) is 66.4 Å². The van der Waals surface area contributed by atoms with Crippen molar-refractivity contribution in [3.63, 3.8) is 0 Å². The zero-order valence-electron chi connectivity index (χ0n) is 10.8. The molecule has 102 valence electrons. The highest BCUT2D eigenvalue weighted by Crippen LogP contribution is 2.33. The first-order valence-corrected chi connectivity index (χ1v) is 6.71. The molecule has 1 amide bonds. The van der Waals surface area contributed by atoms with Crippen LogP contribution in [0.1, 0.15) is 31.2 Å². The summed E-state index contributed by atoms with van der Waals surface area (Å²) in [4.78, 5) is 22.8. The molecule has 4 heteroatoms. The number of rotatable bonds is 7. The molecule has 1 aromatic carbocycles. The number of carboxylic acids is 1. The number of hydrogen-bond donors (Lipinski definition) is 2. The number of carbonyl (C=O) groups excluding carboxylic acids is 1. The van der Waals surface area contributed by atoms with Gasteiger partial charge in [0.25, 0.3) is 0 Å². The molecule has 0 bridgehead atoms. The van der Waals surface area contributed by atoms with Gasteiger partial charge in [0.2, 0.25) is 5.91 Å². The molecule has 0 aliphatic heterocycles. The molecule has 0 saturated heterocycles. The Balaban J connectivity index is 1.77. The van der Waals surface area contributed by atoms with E-state index in [1.807, 2.05) is 30.3 Å². The van der Waals surface area contributed by atoms with Gasteiger partial charge in [-0.1, -0.05) is 43.2 Å². The summed E-state index contributed by atoms with van der Waals surface area (Å²) in [6.07, 6.45) is 3.71. The predicted molar refractivity (Wildman–Crippen MR) is 71.7 cm³/mol. The lowest BCUT2D eigenvalue weighted by molar-refractivity contribution is -0.142. The molecule has 1 aliphatic carbocycles. The second-order valence-electron chi connectivity index (χ2n) is 5.12. The smallest absolute Gasteiger partial charge is 0.326 e. The van der Waals surface area contributed by atoms with Crippen LogP contribution in [0, 0.1) is 5.92 Å². The average molecular weight is 261 g/mol. The van der Waals surface area contributed by atoms with Crippen molar-refractivity contribution in [3.05, 3.63) is 35.9 Å². The Morgan fingerprint density at radius 2 is 1.95 bits per heavy atom. The summed E-state index contributed by atoms with van der Waals surface area (Å²) < 4.78 is 0. The van der Waals surface area contributed by atoms with E-state index in [4.69, 9.17) is 5.11 Å². The van der Waals surface area contributed by atoms with Crippen LogP contribution in [0.15, 0.2) is 30.3 Å². The van der Waals surface area contributed by atoms with E-state index in [9.17, 15) is 9.59 Å². The fourth-order valence-electron chi connectivity index (χ4n) is 2.08. The summed E-state index contributed by atoms with van der Waals surface area (Å²) >= 11 is 0. The van der Waals surface area contributed by atoms with Gasteiger partial charge in [0.15, 0.2) is 0 Å². The quantitative estimate of drug-likeness (QED) is 0.788. The molecule has 0 aromatic heterocycles. The Hall–Kier alpha value is -1.84.